The summed E-state index contributed by atoms with van der Waals surface area (Å²) in [6.07, 6.45) is 0.281. The molecule has 7 heteroatoms. The Balaban J connectivity index is 1.65. The van der Waals surface area contributed by atoms with Crippen LogP contribution in [0, 0.1) is 0 Å². The molecule has 0 aromatic heterocycles. The fraction of sp³-hybridized carbons (Fsp3) is 0.300. The van der Waals surface area contributed by atoms with Crippen molar-refractivity contribution in [1.29, 1.82) is 0 Å². The van der Waals surface area contributed by atoms with Gasteiger partial charge in [-0.05, 0) is 61.2 Å². The van der Waals surface area contributed by atoms with Gasteiger partial charge in [-0.1, -0.05) is 54.6 Å². The molecule has 192 valence electrons. The van der Waals surface area contributed by atoms with Gasteiger partial charge in [-0.3, -0.25) is 14.4 Å². The smallest absolute Gasteiger partial charge is 0.254 e. The van der Waals surface area contributed by atoms with E-state index in [-0.39, 0.29) is 42.6 Å². The van der Waals surface area contributed by atoms with Crippen LogP contribution in [-0.2, 0) is 9.59 Å². The van der Waals surface area contributed by atoms with E-state index in [0.29, 0.717) is 17.9 Å². The summed E-state index contributed by atoms with van der Waals surface area (Å²) in [7, 11) is 1.62. The van der Waals surface area contributed by atoms with Crippen molar-refractivity contribution in [2.75, 3.05) is 13.7 Å². The van der Waals surface area contributed by atoms with Gasteiger partial charge in [-0.15, -0.1) is 0 Å². The van der Waals surface area contributed by atoms with Gasteiger partial charge < -0.3 is 20.3 Å². The Morgan fingerprint density at radius 3 is 2.41 bits per heavy atom. The lowest BCUT2D eigenvalue weighted by Crippen LogP contribution is -2.49. The Morgan fingerprint density at radius 2 is 1.65 bits per heavy atom. The van der Waals surface area contributed by atoms with E-state index in [2.05, 4.69) is 10.6 Å². The van der Waals surface area contributed by atoms with E-state index < -0.39 is 6.04 Å². The largest absolute Gasteiger partial charge is 0.491 e. The number of nitrogens with zero attached hydrogens (tertiary/aromatic N) is 1. The Hall–Kier alpha value is -4.13. The van der Waals surface area contributed by atoms with Crippen LogP contribution in [0.5, 0.6) is 5.75 Å². The average molecular weight is 500 g/mol. The number of amides is 3. The van der Waals surface area contributed by atoms with Gasteiger partial charge in [0.05, 0.1) is 12.1 Å². The molecule has 0 saturated heterocycles. The number of likely N-dealkylation sites (N-methyl/N-ethyl adjacent to an activating group) is 1. The fourth-order valence-corrected chi connectivity index (χ4v) is 4.46. The minimum absolute atomic E-state index is 0.0925. The number of hydrogen-bond donors (Lipinski definition) is 2. The zero-order valence-electron chi connectivity index (χ0n) is 21.4. The molecule has 37 heavy (non-hydrogen) atoms. The lowest BCUT2D eigenvalue weighted by molar-refractivity contribution is -0.127. The van der Waals surface area contributed by atoms with Crippen molar-refractivity contribution in [2.24, 2.45) is 0 Å². The first-order chi connectivity index (χ1) is 17.8. The Morgan fingerprint density at radius 1 is 0.973 bits per heavy atom. The quantitative estimate of drug-likeness (QED) is 0.561. The summed E-state index contributed by atoms with van der Waals surface area (Å²) in [4.78, 5) is 41.1. The van der Waals surface area contributed by atoms with Crippen molar-refractivity contribution in [1.82, 2.24) is 15.5 Å². The van der Waals surface area contributed by atoms with Crippen molar-refractivity contribution in [3.05, 3.63) is 90.0 Å². The maximum absolute atomic E-state index is 13.6. The predicted molar refractivity (Wildman–Crippen MR) is 143 cm³/mol. The molecule has 0 fully saturated rings. The van der Waals surface area contributed by atoms with Crippen LogP contribution in [0.3, 0.4) is 0 Å². The molecule has 2 N–H and O–H groups in total. The average Bonchev–Trinajstić information content (AvgIpc) is 2.91. The number of carbonyl (C=O) groups excluding carboxylic acids is 3. The van der Waals surface area contributed by atoms with Crippen molar-refractivity contribution in [3.63, 3.8) is 0 Å². The highest BCUT2D eigenvalue weighted by Crippen LogP contribution is 2.26. The Kier molecular flexibility index (Phi) is 8.23. The third kappa shape index (κ3) is 6.55. The minimum atomic E-state index is -0.823. The van der Waals surface area contributed by atoms with Gasteiger partial charge in [0.25, 0.3) is 5.91 Å². The van der Waals surface area contributed by atoms with E-state index in [4.69, 9.17) is 4.74 Å². The van der Waals surface area contributed by atoms with Crippen LogP contribution in [0.2, 0.25) is 0 Å². The van der Waals surface area contributed by atoms with E-state index in [0.717, 1.165) is 16.7 Å². The number of carbonyl (C=O) groups is 3. The highest BCUT2D eigenvalue weighted by atomic mass is 16.5. The predicted octanol–water partition coefficient (Wildman–Crippen LogP) is 4.35. The first-order valence-corrected chi connectivity index (χ1v) is 12.6. The fourth-order valence-electron chi connectivity index (χ4n) is 4.46. The summed E-state index contributed by atoms with van der Waals surface area (Å²) in [5.41, 5.74) is 3.20. The standard InChI is InChI=1S/C30H33N3O4/c1-20-19-37-26-14-8-12-24(18-26)23-11-7-13-25(17-23)30(36)33(3)27(15-16-28(34)31-20)29(35)32-21(2)22-9-5-4-6-10-22/h4-14,17-18,20-21,27H,15-16,19H2,1-3H3,(H,31,34)(H,32,35)/t20-,21-,27-/m0/s1. The molecule has 0 radical (unpaired) electrons. The Bertz CT molecular complexity index is 1260. The highest BCUT2D eigenvalue weighted by molar-refractivity contribution is 5.98. The van der Waals surface area contributed by atoms with Gasteiger partial charge in [0.15, 0.2) is 0 Å². The maximum Gasteiger partial charge on any atom is 0.254 e. The van der Waals surface area contributed by atoms with E-state index >= 15 is 0 Å². The number of hydrogen-bond acceptors (Lipinski definition) is 4. The van der Waals surface area contributed by atoms with Crippen LogP contribution in [0.25, 0.3) is 11.1 Å². The minimum Gasteiger partial charge on any atom is -0.491 e. The second kappa shape index (κ2) is 11.7. The third-order valence-corrected chi connectivity index (χ3v) is 6.58. The van der Waals surface area contributed by atoms with Gasteiger partial charge in [0.1, 0.15) is 18.4 Å². The van der Waals surface area contributed by atoms with Crippen LogP contribution < -0.4 is 15.4 Å². The summed E-state index contributed by atoms with van der Waals surface area (Å²) < 4.78 is 5.91. The molecule has 0 spiro atoms. The first-order valence-electron chi connectivity index (χ1n) is 12.6. The van der Waals surface area contributed by atoms with E-state index in [9.17, 15) is 14.4 Å². The van der Waals surface area contributed by atoms with Gasteiger partial charge in [-0.2, -0.15) is 0 Å². The van der Waals surface area contributed by atoms with Crippen LogP contribution in [0.15, 0.2) is 78.9 Å². The molecule has 1 aliphatic rings. The first kappa shape index (κ1) is 25.9. The van der Waals surface area contributed by atoms with E-state index in [1.165, 1.54) is 4.90 Å². The van der Waals surface area contributed by atoms with Gasteiger partial charge in [0, 0.05) is 19.0 Å². The molecule has 3 aromatic rings. The molecule has 3 amide bonds. The molecule has 3 aromatic carbocycles. The summed E-state index contributed by atoms with van der Waals surface area (Å²) in [6.45, 7) is 4.08. The number of benzene rings is 3. The molecule has 4 rings (SSSR count). The zero-order chi connectivity index (χ0) is 26.4. The van der Waals surface area contributed by atoms with Crippen molar-refractivity contribution in [2.45, 2.75) is 44.8 Å². The monoisotopic (exact) mass is 499 g/mol. The number of nitrogens with one attached hydrogen (secondary N) is 2. The summed E-state index contributed by atoms with van der Waals surface area (Å²) >= 11 is 0. The van der Waals surface area contributed by atoms with Crippen LogP contribution in [0.4, 0.5) is 0 Å². The number of ether oxygens (including phenoxy) is 1. The normalized spacial score (nSPS) is 19.4. The van der Waals surface area contributed by atoms with Gasteiger partial charge in [0.2, 0.25) is 11.8 Å². The molecule has 3 atom stereocenters. The summed E-state index contributed by atoms with van der Waals surface area (Å²) in [5.74, 6) is -0.110. The molecule has 0 unspecified atom stereocenters. The number of rotatable bonds is 3. The van der Waals surface area contributed by atoms with Crippen LogP contribution in [-0.4, -0.2) is 48.4 Å². The van der Waals surface area contributed by atoms with E-state index in [1.807, 2.05) is 86.6 Å². The lowest BCUT2D eigenvalue weighted by atomic mass is 10.0. The molecule has 1 heterocycles. The molecule has 0 saturated carbocycles. The van der Waals surface area contributed by atoms with Crippen molar-refractivity contribution in [3.8, 4) is 16.9 Å². The second-order valence-electron chi connectivity index (χ2n) is 9.50. The molecule has 0 aliphatic carbocycles. The molecule has 7 nitrogen and oxygen atoms in total. The third-order valence-electron chi connectivity index (χ3n) is 6.58. The van der Waals surface area contributed by atoms with Crippen molar-refractivity contribution < 1.29 is 19.1 Å². The van der Waals surface area contributed by atoms with Gasteiger partial charge in [-0.25, -0.2) is 0 Å². The highest BCUT2D eigenvalue weighted by Gasteiger charge is 2.29. The second-order valence-corrected chi connectivity index (χ2v) is 9.50. The molecule has 1 aliphatic heterocycles. The lowest BCUT2D eigenvalue weighted by Gasteiger charge is -2.29. The van der Waals surface area contributed by atoms with Gasteiger partial charge >= 0.3 is 0 Å². The zero-order valence-corrected chi connectivity index (χ0v) is 21.4. The van der Waals surface area contributed by atoms with Crippen LogP contribution in [0.1, 0.15) is 48.7 Å². The van der Waals surface area contributed by atoms with E-state index in [1.54, 1.807) is 13.1 Å². The molecule has 4 bridgehead atoms. The maximum atomic E-state index is 13.6. The Labute approximate surface area is 217 Å². The molecular weight excluding hydrogens is 466 g/mol. The summed E-state index contributed by atoms with van der Waals surface area (Å²) in [6, 6.07) is 23.3. The number of fused-ring (bicyclic) bond motifs is 5. The van der Waals surface area contributed by atoms with Crippen molar-refractivity contribution >= 4 is 17.7 Å². The van der Waals surface area contributed by atoms with Crippen LogP contribution >= 0.6 is 0 Å². The SMILES string of the molecule is C[C@H](NC(=O)[C@@H]1CCC(=O)N[C@@H](C)COc2cccc(c2)-c2cccc(c2)C(=O)N1C)c1ccccc1. The topological polar surface area (TPSA) is 87.7 Å². The summed E-state index contributed by atoms with van der Waals surface area (Å²) in [5, 5.41) is 5.95. The molecular formula is C30H33N3O4.